The van der Waals surface area contributed by atoms with Gasteiger partial charge in [-0.15, -0.1) is 11.5 Å². The van der Waals surface area contributed by atoms with Crippen molar-refractivity contribution < 1.29 is 10.2 Å². The van der Waals surface area contributed by atoms with Gasteiger partial charge in [0, 0.05) is 0 Å². The predicted molar refractivity (Wildman–Crippen MR) is 68.8 cm³/mol. The Morgan fingerprint density at radius 3 is 1.28 bits per heavy atom. The van der Waals surface area contributed by atoms with Crippen LogP contribution in [-0.2, 0) is 0 Å². The van der Waals surface area contributed by atoms with Gasteiger partial charge in [-0.1, -0.05) is 72.8 Å². The van der Waals surface area contributed by atoms with Gasteiger partial charge in [0.25, 0.3) is 0 Å². The third-order valence-electron chi connectivity index (χ3n) is 2.50. The number of benzene rings is 2. The minimum atomic E-state index is -0.167. The van der Waals surface area contributed by atoms with Crippen LogP contribution in [0.1, 0.15) is 11.1 Å². The van der Waals surface area contributed by atoms with Gasteiger partial charge in [-0.05, 0) is 11.1 Å². The molecule has 2 aromatic carbocycles. The van der Waals surface area contributed by atoms with E-state index in [4.69, 9.17) is 0 Å². The maximum absolute atomic E-state index is 11.7. The fourth-order valence-electron chi connectivity index (χ4n) is 1.55. The van der Waals surface area contributed by atoms with E-state index < -0.39 is 0 Å². The molecule has 2 rings (SSSR count). The highest BCUT2D eigenvalue weighted by Crippen LogP contribution is 2.11. The average Bonchev–Trinajstić information content (AvgIpc) is 2.46. The van der Waals surface area contributed by atoms with Crippen molar-refractivity contribution in [2.45, 2.75) is 0 Å². The minimum absolute atomic E-state index is 0.167. The summed E-state index contributed by atoms with van der Waals surface area (Å²) in [6.07, 6.45) is 2.62. The van der Waals surface area contributed by atoms with Crippen molar-refractivity contribution in [1.82, 2.24) is 0 Å². The van der Waals surface area contributed by atoms with Gasteiger partial charge >= 0.3 is 0 Å². The maximum Gasteiger partial charge on any atom is -0.0336 e. The molecule has 0 amide bonds. The van der Waals surface area contributed by atoms with Crippen molar-refractivity contribution in [2.24, 2.45) is 0 Å². The van der Waals surface area contributed by atoms with Crippen LogP contribution in [0.15, 0.2) is 72.8 Å². The molecule has 2 nitrogen and oxygen atoms in total. The van der Waals surface area contributed by atoms with Crippen LogP contribution < -0.4 is 10.2 Å². The fraction of sp³-hybridized carbons (Fsp3) is 0. The zero-order valence-electron chi connectivity index (χ0n) is 9.74. The molecule has 2 heteroatoms. The third-order valence-corrected chi connectivity index (χ3v) is 2.50. The second kappa shape index (κ2) is 5.73. The molecule has 0 saturated carbocycles. The van der Waals surface area contributed by atoms with Crippen molar-refractivity contribution in [3.8, 4) is 0 Å². The molecule has 0 fully saturated rings. The summed E-state index contributed by atoms with van der Waals surface area (Å²) < 4.78 is 0. The van der Waals surface area contributed by atoms with Crippen LogP contribution in [0, 0.1) is 0 Å². The molecule has 2 aromatic rings. The standard InChI is InChI=1S/C16H14O2/c17-15(13-7-3-1-4-8-13)11-12-16(18)14-9-5-2-6-10-14/h1-12,17-18H/p-2. The van der Waals surface area contributed by atoms with Crippen molar-refractivity contribution >= 4 is 11.5 Å². The van der Waals surface area contributed by atoms with E-state index in [9.17, 15) is 10.2 Å². The molecule has 90 valence electrons. The number of hydrogen-bond donors (Lipinski definition) is 0. The Balaban J connectivity index is 2.20. The molecule has 0 aliphatic heterocycles. The summed E-state index contributed by atoms with van der Waals surface area (Å²) in [4.78, 5) is 0. The van der Waals surface area contributed by atoms with Gasteiger partial charge in [0.1, 0.15) is 0 Å². The normalized spacial score (nSPS) is 12.4. The summed E-state index contributed by atoms with van der Waals surface area (Å²) in [6.45, 7) is 0. The Morgan fingerprint density at radius 1 is 0.611 bits per heavy atom. The zero-order chi connectivity index (χ0) is 12.8. The molecule has 0 aliphatic carbocycles. The molecular formula is C16H12O2-2. The molecule has 0 unspecified atom stereocenters. The van der Waals surface area contributed by atoms with E-state index in [-0.39, 0.29) is 11.5 Å². The molecule has 0 N–H and O–H groups in total. The molecule has 0 heterocycles. The summed E-state index contributed by atoms with van der Waals surface area (Å²) in [5, 5.41) is 23.5. The quantitative estimate of drug-likeness (QED) is 0.602. The van der Waals surface area contributed by atoms with Gasteiger partial charge < -0.3 is 10.2 Å². The molecule has 0 spiro atoms. The van der Waals surface area contributed by atoms with Crippen LogP contribution in [0.4, 0.5) is 0 Å². The summed E-state index contributed by atoms with van der Waals surface area (Å²) in [7, 11) is 0. The number of allylic oxidation sites excluding steroid dienone is 2. The summed E-state index contributed by atoms with van der Waals surface area (Å²) in [5.74, 6) is -0.334. The van der Waals surface area contributed by atoms with Gasteiger partial charge in [-0.2, -0.15) is 0 Å². The van der Waals surface area contributed by atoms with Crippen LogP contribution in [-0.4, -0.2) is 0 Å². The van der Waals surface area contributed by atoms with E-state index in [0.717, 1.165) is 0 Å². The van der Waals surface area contributed by atoms with Gasteiger partial charge in [-0.25, -0.2) is 0 Å². The lowest BCUT2D eigenvalue weighted by Crippen LogP contribution is -2.04. The van der Waals surface area contributed by atoms with Crippen LogP contribution in [0.2, 0.25) is 0 Å². The third kappa shape index (κ3) is 3.01. The first-order chi connectivity index (χ1) is 8.77. The Bertz CT molecular complexity index is 501. The molecule has 0 atom stereocenters. The van der Waals surface area contributed by atoms with Crippen LogP contribution in [0.5, 0.6) is 0 Å². The Labute approximate surface area is 106 Å². The molecule has 0 bridgehead atoms. The topological polar surface area (TPSA) is 46.1 Å². The fourth-order valence-corrected chi connectivity index (χ4v) is 1.55. The van der Waals surface area contributed by atoms with E-state index in [2.05, 4.69) is 0 Å². The van der Waals surface area contributed by atoms with Crippen molar-refractivity contribution in [1.29, 1.82) is 0 Å². The Morgan fingerprint density at radius 2 is 0.944 bits per heavy atom. The first-order valence-corrected chi connectivity index (χ1v) is 5.64. The largest absolute Gasteiger partial charge is 0.872 e. The van der Waals surface area contributed by atoms with Gasteiger partial charge in [0.2, 0.25) is 0 Å². The highest BCUT2D eigenvalue weighted by Gasteiger charge is 1.88. The highest BCUT2D eigenvalue weighted by molar-refractivity contribution is 5.64. The smallest absolute Gasteiger partial charge is 0.0336 e. The van der Waals surface area contributed by atoms with Crippen LogP contribution >= 0.6 is 0 Å². The van der Waals surface area contributed by atoms with Crippen LogP contribution in [0.25, 0.3) is 11.5 Å². The molecular weight excluding hydrogens is 224 g/mol. The molecule has 18 heavy (non-hydrogen) atoms. The van der Waals surface area contributed by atoms with Crippen molar-refractivity contribution in [3.63, 3.8) is 0 Å². The highest BCUT2D eigenvalue weighted by atomic mass is 16.3. The van der Waals surface area contributed by atoms with Crippen molar-refractivity contribution in [3.05, 3.63) is 83.9 Å². The minimum Gasteiger partial charge on any atom is -0.872 e. The predicted octanol–water partition coefficient (Wildman–Crippen LogP) is 1.79. The number of hydrogen-bond acceptors (Lipinski definition) is 2. The van der Waals surface area contributed by atoms with Gasteiger partial charge in [0.05, 0.1) is 0 Å². The molecule has 0 aliphatic rings. The van der Waals surface area contributed by atoms with Gasteiger partial charge in [-0.3, -0.25) is 0 Å². The summed E-state index contributed by atoms with van der Waals surface area (Å²) >= 11 is 0. The maximum atomic E-state index is 11.7. The SMILES string of the molecule is [O-]C(=CC=C([O-])c1ccccc1)c1ccccc1. The Hall–Kier alpha value is -2.48. The lowest BCUT2D eigenvalue weighted by Gasteiger charge is -2.14. The summed E-state index contributed by atoms with van der Waals surface area (Å²) in [6, 6.07) is 17.7. The van der Waals surface area contributed by atoms with Crippen LogP contribution in [0.3, 0.4) is 0 Å². The van der Waals surface area contributed by atoms with E-state index in [1.165, 1.54) is 12.2 Å². The molecule has 0 saturated heterocycles. The Kier molecular flexibility index (Phi) is 3.82. The number of rotatable bonds is 3. The first-order valence-electron chi connectivity index (χ1n) is 5.64. The van der Waals surface area contributed by atoms with E-state index in [1.807, 2.05) is 12.1 Å². The lowest BCUT2D eigenvalue weighted by molar-refractivity contribution is -0.246. The first kappa shape index (κ1) is 12.0. The van der Waals surface area contributed by atoms with Gasteiger partial charge in [0.15, 0.2) is 0 Å². The van der Waals surface area contributed by atoms with E-state index in [0.29, 0.717) is 11.1 Å². The second-order valence-electron chi connectivity index (χ2n) is 3.79. The zero-order valence-corrected chi connectivity index (χ0v) is 9.74. The van der Waals surface area contributed by atoms with E-state index >= 15 is 0 Å². The second-order valence-corrected chi connectivity index (χ2v) is 3.79. The van der Waals surface area contributed by atoms with Crippen molar-refractivity contribution in [2.75, 3.05) is 0 Å². The molecule has 0 radical (unpaired) electrons. The monoisotopic (exact) mass is 236 g/mol. The average molecular weight is 236 g/mol. The lowest BCUT2D eigenvalue weighted by atomic mass is 10.1. The van der Waals surface area contributed by atoms with E-state index in [1.54, 1.807) is 48.5 Å². The molecule has 0 aromatic heterocycles. The summed E-state index contributed by atoms with van der Waals surface area (Å²) in [5.41, 5.74) is 1.16.